The number of hydrogen-bond donors (Lipinski definition) is 1. The number of anilines is 1. The molecule has 0 bridgehead atoms. The van der Waals surface area contributed by atoms with Gasteiger partial charge < -0.3 is 28.8 Å². The summed E-state index contributed by atoms with van der Waals surface area (Å²) in [6.07, 6.45) is 1.74. The molecule has 5 rings (SSSR count). The zero-order chi connectivity index (χ0) is 26.7. The molecule has 4 aromatic rings. The summed E-state index contributed by atoms with van der Waals surface area (Å²) < 4.78 is 22.4. The number of aromatic amines is 1. The number of aromatic nitrogens is 2. The molecular formula is C31H38N4O4. The Morgan fingerprint density at radius 1 is 0.872 bits per heavy atom. The first-order chi connectivity index (χ1) is 19.3. The second-order valence-corrected chi connectivity index (χ2v) is 9.75. The summed E-state index contributed by atoms with van der Waals surface area (Å²) >= 11 is 0. The molecule has 0 amide bonds. The number of fused-ring (bicyclic) bond motifs is 1. The third-order valence-corrected chi connectivity index (χ3v) is 6.96. The lowest BCUT2D eigenvalue weighted by atomic mass is 10.1. The van der Waals surface area contributed by atoms with Crippen molar-refractivity contribution in [2.45, 2.75) is 19.7 Å². The summed E-state index contributed by atoms with van der Waals surface area (Å²) in [5.74, 6) is 0.865. The van der Waals surface area contributed by atoms with Gasteiger partial charge in [0.2, 0.25) is 0 Å². The lowest BCUT2D eigenvalue weighted by Crippen LogP contribution is -2.38. The normalized spacial score (nSPS) is 14.1. The summed E-state index contributed by atoms with van der Waals surface area (Å²) in [6, 6.07) is 23.3. The average molecular weight is 531 g/mol. The Hall–Kier alpha value is -3.43. The van der Waals surface area contributed by atoms with Crippen LogP contribution in [-0.2, 0) is 33.9 Å². The number of morpholine rings is 1. The first-order valence-electron chi connectivity index (χ1n) is 13.6. The molecule has 0 saturated carbocycles. The summed E-state index contributed by atoms with van der Waals surface area (Å²) in [5.41, 5.74) is 6.73. The number of hydrogen-bond acceptors (Lipinski definition) is 7. The van der Waals surface area contributed by atoms with Crippen LogP contribution in [-0.4, -0.2) is 74.6 Å². The van der Waals surface area contributed by atoms with Gasteiger partial charge in [-0.2, -0.15) is 0 Å². The van der Waals surface area contributed by atoms with Crippen LogP contribution in [0, 0.1) is 0 Å². The standard InChI is InChI=1S/C31H38N4O4/c1-36-29-4-2-3-26(19-29)21-35(22-27-7-10-30-31(20-27)33-24-32-30)28-8-5-25(6-9-28)23-39-18-17-38-16-13-34-11-14-37-15-12-34/h2-10,19-20,24H,11-18,21-23H2,1H3,(H,32,33). The van der Waals surface area contributed by atoms with E-state index >= 15 is 0 Å². The van der Waals surface area contributed by atoms with Gasteiger partial charge in [-0.3, -0.25) is 4.90 Å². The van der Waals surface area contributed by atoms with Crippen molar-refractivity contribution in [3.8, 4) is 5.75 Å². The van der Waals surface area contributed by atoms with Crippen LogP contribution in [0.3, 0.4) is 0 Å². The minimum atomic E-state index is 0.569. The maximum absolute atomic E-state index is 5.87. The molecule has 3 aromatic carbocycles. The van der Waals surface area contributed by atoms with E-state index in [1.165, 1.54) is 11.1 Å². The Bertz CT molecular complexity index is 1290. The highest BCUT2D eigenvalue weighted by atomic mass is 16.5. The van der Waals surface area contributed by atoms with E-state index in [-0.39, 0.29) is 0 Å². The van der Waals surface area contributed by atoms with Crippen LogP contribution in [0.2, 0.25) is 0 Å². The highest BCUT2D eigenvalue weighted by molar-refractivity contribution is 5.75. The van der Waals surface area contributed by atoms with Crippen molar-refractivity contribution in [3.63, 3.8) is 0 Å². The highest BCUT2D eigenvalue weighted by Gasteiger charge is 2.12. The summed E-state index contributed by atoms with van der Waals surface area (Å²) in [6.45, 7) is 8.60. The molecule has 0 atom stereocenters. The van der Waals surface area contributed by atoms with E-state index in [0.717, 1.165) is 80.6 Å². The van der Waals surface area contributed by atoms with Crippen molar-refractivity contribution in [2.24, 2.45) is 0 Å². The molecule has 0 aliphatic carbocycles. The fraction of sp³-hybridized carbons (Fsp3) is 0.387. The Labute approximate surface area is 230 Å². The Morgan fingerprint density at radius 3 is 2.46 bits per heavy atom. The first kappa shape index (κ1) is 27.1. The van der Waals surface area contributed by atoms with Crippen LogP contribution < -0.4 is 9.64 Å². The number of methoxy groups -OCH3 is 1. The van der Waals surface area contributed by atoms with Crippen molar-refractivity contribution in [3.05, 3.63) is 89.7 Å². The Balaban J connectivity index is 1.15. The van der Waals surface area contributed by atoms with Crippen molar-refractivity contribution >= 4 is 16.7 Å². The molecule has 0 spiro atoms. The van der Waals surface area contributed by atoms with Gasteiger partial charge in [-0.1, -0.05) is 30.3 Å². The maximum Gasteiger partial charge on any atom is 0.119 e. The molecule has 206 valence electrons. The zero-order valence-electron chi connectivity index (χ0n) is 22.7. The minimum Gasteiger partial charge on any atom is -0.497 e. The van der Waals surface area contributed by atoms with E-state index in [4.69, 9.17) is 18.9 Å². The zero-order valence-corrected chi connectivity index (χ0v) is 22.7. The van der Waals surface area contributed by atoms with Gasteiger partial charge in [0.05, 0.1) is 64.1 Å². The van der Waals surface area contributed by atoms with Gasteiger partial charge >= 0.3 is 0 Å². The van der Waals surface area contributed by atoms with E-state index in [9.17, 15) is 0 Å². The van der Waals surface area contributed by atoms with Gasteiger partial charge in [0, 0.05) is 38.4 Å². The number of benzene rings is 3. The fourth-order valence-corrected chi connectivity index (χ4v) is 4.76. The molecule has 1 fully saturated rings. The van der Waals surface area contributed by atoms with Gasteiger partial charge in [-0.15, -0.1) is 0 Å². The molecule has 1 aliphatic heterocycles. The van der Waals surface area contributed by atoms with Crippen molar-refractivity contribution in [1.29, 1.82) is 0 Å². The summed E-state index contributed by atoms with van der Waals surface area (Å²) in [7, 11) is 1.70. The number of nitrogens with one attached hydrogen (secondary N) is 1. The smallest absolute Gasteiger partial charge is 0.119 e. The lowest BCUT2D eigenvalue weighted by Gasteiger charge is -2.26. The van der Waals surface area contributed by atoms with Crippen LogP contribution in [0.4, 0.5) is 5.69 Å². The van der Waals surface area contributed by atoms with Gasteiger partial charge in [-0.05, 0) is 53.1 Å². The molecular weight excluding hydrogens is 492 g/mol. The monoisotopic (exact) mass is 530 g/mol. The molecule has 1 N–H and O–H groups in total. The summed E-state index contributed by atoms with van der Waals surface area (Å²) in [4.78, 5) is 12.3. The molecule has 1 saturated heterocycles. The van der Waals surface area contributed by atoms with Crippen LogP contribution in [0.25, 0.3) is 11.0 Å². The van der Waals surface area contributed by atoms with Crippen LogP contribution >= 0.6 is 0 Å². The van der Waals surface area contributed by atoms with Gasteiger partial charge in [0.15, 0.2) is 0 Å². The predicted molar refractivity (Wildman–Crippen MR) is 153 cm³/mol. The van der Waals surface area contributed by atoms with Crippen LogP contribution in [0.1, 0.15) is 16.7 Å². The van der Waals surface area contributed by atoms with Gasteiger partial charge in [0.1, 0.15) is 5.75 Å². The second-order valence-electron chi connectivity index (χ2n) is 9.75. The molecule has 8 heteroatoms. The van der Waals surface area contributed by atoms with E-state index < -0.39 is 0 Å². The molecule has 39 heavy (non-hydrogen) atoms. The number of ether oxygens (including phenoxy) is 4. The largest absolute Gasteiger partial charge is 0.497 e. The lowest BCUT2D eigenvalue weighted by molar-refractivity contribution is 0.00585. The summed E-state index contributed by atoms with van der Waals surface area (Å²) in [5, 5.41) is 0. The van der Waals surface area contributed by atoms with Crippen LogP contribution in [0.5, 0.6) is 5.75 Å². The maximum atomic E-state index is 5.87. The van der Waals surface area contributed by atoms with Crippen molar-refractivity contribution in [2.75, 3.05) is 64.7 Å². The van der Waals surface area contributed by atoms with Gasteiger partial charge in [0.25, 0.3) is 0 Å². The Kier molecular flexibility index (Phi) is 9.81. The molecule has 1 aromatic heterocycles. The van der Waals surface area contributed by atoms with E-state index in [1.807, 2.05) is 12.1 Å². The number of imidazole rings is 1. The van der Waals surface area contributed by atoms with Crippen molar-refractivity contribution in [1.82, 2.24) is 14.9 Å². The number of H-pyrrole nitrogens is 1. The van der Waals surface area contributed by atoms with E-state index in [0.29, 0.717) is 19.8 Å². The third kappa shape index (κ3) is 8.03. The quantitative estimate of drug-likeness (QED) is 0.238. The molecule has 2 heterocycles. The molecule has 1 aliphatic rings. The topological polar surface area (TPSA) is 72.1 Å². The molecule has 0 radical (unpaired) electrons. The highest BCUT2D eigenvalue weighted by Crippen LogP contribution is 2.24. The third-order valence-electron chi connectivity index (χ3n) is 6.96. The predicted octanol–water partition coefficient (Wildman–Crippen LogP) is 4.64. The van der Waals surface area contributed by atoms with E-state index in [1.54, 1.807) is 13.4 Å². The Morgan fingerprint density at radius 2 is 1.64 bits per heavy atom. The van der Waals surface area contributed by atoms with Crippen molar-refractivity contribution < 1.29 is 18.9 Å². The fourth-order valence-electron chi connectivity index (χ4n) is 4.76. The minimum absolute atomic E-state index is 0.569. The first-order valence-corrected chi connectivity index (χ1v) is 13.6. The van der Waals surface area contributed by atoms with E-state index in [2.05, 4.69) is 74.4 Å². The second kappa shape index (κ2) is 14.1. The van der Waals surface area contributed by atoms with Gasteiger partial charge in [-0.25, -0.2) is 4.98 Å². The number of rotatable bonds is 14. The molecule has 8 nitrogen and oxygen atoms in total. The SMILES string of the molecule is COc1cccc(CN(Cc2ccc3nc[nH]c3c2)c2ccc(COCCOCCN3CCOCC3)cc2)c1. The molecule has 0 unspecified atom stereocenters. The number of nitrogens with zero attached hydrogens (tertiary/aromatic N) is 3. The van der Waals surface area contributed by atoms with Crippen LogP contribution in [0.15, 0.2) is 73.1 Å². The average Bonchev–Trinajstić information content (AvgIpc) is 3.45.